The minimum atomic E-state index is 0.144. The molecule has 1 aromatic rings. The fourth-order valence-electron chi connectivity index (χ4n) is 0.632. The predicted molar refractivity (Wildman–Crippen MR) is 43.5 cm³/mol. The third kappa shape index (κ3) is 1.60. The summed E-state index contributed by atoms with van der Waals surface area (Å²) in [7, 11) is 1.50. The zero-order valence-corrected chi connectivity index (χ0v) is 6.56. The Hall–Kier alpha value is -1.85. The van der Waals surface area contributed by atoms with Crippen LogP contribution in [0, 0.1) is 0 Å². The van der Waals surface area contributed by atoms with Crippen LogP contribution in [-0.2, 0) is 0 Å². The van der Waals surface area contributed by atoms with Crippen LogP contribution in [0.25, 0.3) is 0 Å². The number of hydrogen-bond donors (Lipinski definition) is 2. The van der Waals surface area contributed by atoms with Crippen molar-refractivity contribution in [3.05, 3.63) is 17.8 Å². The molecule has 0 bridgehead atoms. The van der Waals surface area contributed by atoms with Gasteiger partial charge in [-0.25, -0.2) is 0 Å². The van der Waals surface area contributed by atoms with E-state index in [0.717, 1.165) is 0 Å². The average Bonchev–Trinajstić information content (AvgIpc) is 2.17. The van der Waals surface area contributed by atoms with Crippen molar-refractivity contribution in [2.24, 2.45) is 16.7 Å². The van der Waals surface area contributed by atoms with Gasteiger partial charge in [0.2, 0.25) is 5.88 Å². The molecule has 0 unspecified atom stereocenters. The topological polar surface area (TPSA) is 99.4 Å². The van der Waals surface area contributed by atoms with Gasteiger partial charge in [0.25, 0.3) is 0 Å². The van der Waals surface area contributed by atoms with Crippen molar-refractivity contribution in [3.63, 3.8) is 0 Å². The van der Waals surface area contributed by atoms with Gasteiger partial charge < -0.3 is 16.3 Å². The molecule has 12 heavy (non-hydrogen) atoms. The molecule has 0 saturated heterocycles. The van der Waals surface area contributed by atoms with Crippen molar-refractivity contribution in [2.75, 3.05) is 7.11 Å². The summed E-state index contributed by atoms with van der Waals surface area (Å²) in [5, 5.41) is 10.7. The van der Waals surface area contributed by atoms with E-state index in [2.05, 4.69) is 15.3 Å². The standard InChI is InChI=1S/C6H9N5O/c1-12-5-3-2-4(10-11-5)6(7)9-8/h2-3H,8H2,1H3,(H2,7,9). The maximum atomic E-state index is 5.37. The number of amidine groups is 1. The predicted octanol–water partition coefficient (Wildman–Crippen LogP) is -0.936. The number of hydrogen-bond acceptors (Lipinski definition) is 5. The Morgan fingerprint density at radius 1 is 1.50 bits per heavy atom. The molecule has 0 radical (unpaired) electrons. The molecule has 6 nitrogen and oxygen atoms in total. The Bertz CT molecular complexity index is 280. The van der Waals surface area contributed by atoms with Gasteiger partial charge in [0, 0.05) is 6.07 Å². The van der Waals surface area contributed by atoms with Gasteiger partial charge in [0.05, 0.1) is 7.11 Å². The molecular formula is C6H9N5O. The number of rotatable bonds is 2. The molecule has 0 aromatic carbocycles. The van der Waals surface area contributed by atoms with Crippen LogP contribution in [0.3, 0.4) is 0 Å². The van der Waals surface area contributed by atoms with Gasteiger partial charge in [-0.15, -0.1) is 10.2 Å². The zero-order valence-electron chi connectivity index (χ0n) is 6.56. The van der Waals surface area contributed by atoms with E-state index in [9.17, 15) is 0 Å². The molecule has 1 rings (SSSR count). The smallest absolute Gasteiger partial charge is 0.233 e. The number of methoxy groups -OCH3 is 1. The summed E-state index contributed by atoms with van der Waals surface area (Å²) in [6.07, 6.45) is 0. The summed E-state index contributed by atoms with van der Waals surface area (Å²) in [5.74, 6) is 5.50. The molecule has 4 N–H and O–H groups in total. The fraction of sp³-hybridized carbons (Fsp3) is 0.167. The molecule has 0 spiro atoms. The lowest BCUT2D eigenvalue weighted by Gasteiger charge is -1.98. The van der Waals surface area contributed by atoms with E-state index in [-0.39, 0.29) is 5.84 Å². The van der Waals surface area contributed by atoms with Crippen LogP contribution in [-0.4, -0.2) is 23.1 Å². The summed E-state index contributed by atoms with van der Waals surface area (Å²) in [5.41, 5.74) is 5.80. The third-order valence-corrected chi connectivity index (χ3v) is 1.25. The van der Waals surface area contributed by atoms with Gasteiger partial charge in [0.15, 0.2) is 5.84 Å². The van der Waals surface area contributed by atoms with Crippen molar-refractivity contribution in [3.8, 4) is 5.88 Å². The van der Waals surface area contributed by atoms with Crippen LogP contribution >= 0.6 is 0 Å². The highest BCUT2D eigenvalue weighted by atomic mass is 16.5. The van der Waals surface area contributed by atoms with Crippen LogP contribution < -0.4 is 16.3 Å². The lowest BCUT2D eigenvalue weighted by atomic mass is 10.4. The number of nitrogens with zero attached hydrogens (tertiary/aromatic N) is 3. The average molecular weight is 167 g/mol. The maximum Gasteiger partial charge on any atom is 0.233 e. The highest BCUT2D eigenvalue weighted by Crippen LogP contribution is 2.02. The highest BCUT2D eigenvalue weighted by Gasteiger charge is 2.00. The number of nitrogens with two attached hydrogens (primary N) is 2. The molecule has 0 saturated carbocycles. The van der Waals surface area contributed by atoms with Crippen LogP contribution in [0.4, 0.5) is 0 Å². The minimum absolute atomic E-state index is 0.144. The molecule has 0 aliphatic carbocycles. The fourth-order valence-corrected chi connectivity index (χ4v) is 0.632. The molecule has 0 amide bonds. The van der Waals surface area contributed by atoms with Gasteiger partial charge in [0.1, 0.15) is 5.69 Å². The quantitative estimate of drug-likeness (QED) is 0.256. The van der Waals surface area contributed by atoms with E-state index >= 15 is 0 Å². The summed E-state index contributed by atoms with van der Waals surface area (Å²) in [6.45, 7) is 0. The first-order chi connectivity index (χ1) is 5.77. The SMILES string of the molecule is COc1ccc(/C(N)=N/N)nn1. The van der Waals surface area contributed by atoms with Crippen molar-refractivity contribution in [1.82, 2.24) is 10.2 Å². The summed E-state index contributed by atoms with van der Waals surface area (Å²) in [6, 6.07) is 3.25. The second kappa shape index (κ2) is 3.51. The van der Waals surface area contributed by atoms with E-state index in [1.54, 1.807) is 12.1 Å². The molecule has 0 aliphatic heterocycles. The van der Waals surface area contributed by atoms with Crippen molar-refractivity contribution < 1.29 is 4.74 Å². The lowest BCUT2D eigenvalue weighted by molar-refractivity contribution is 0.392. The van der Waals surface area contributed by atoms with Gasteiger partial charge in [-0.3, -0.25) is 0 Å². The van der Waals surface area contributed by atoms with Crippen molar-refractivity contribution in [1.29, 1.82) is 0 Å². The molecule has 1 aromatic heterocycles. The number of hydrazone groups is 1. The summed E-state index contributed by atoms with van der Waals surface area (Å²) in [4.78, 5) is 0. The van der Waals surface area contributed by atoms with Gasteiger partial charge in [-0.1, -0.05) is 0 Å². The van der Waals surface area contributed by atoms with Crippen LogP contribution in [0.1, 0.15) is 5.69 Å². The second-order valence-corrected chi connectivity index (χ2v) is 1.98. The Morgan fingerprint density at radius 3 is 2.67 bits per heavy atom. The van der Waals surface area contributed by atoms with Gasteiger partial charge in [-0.2, -0.15) is 5.10 Å². The first-order valence-corrected chi connectivity index (χ1v) is 3.19. The number of ether oxygens (including phenoxy) is 1. The second-order valence-electron chi connectivity index (χ2n) is 1.98. The lowest BCUT2D eigenvalue weighted by Crippen LogP contribution is -2.17. The molecule has 6 heteroatoms. The maximum absolute atomic E-state index is 5.37. The normalized spacial score (nSPS) is 11.2. The van der Waals surface area contributed by atoms with Crippen LogP contribution in [0.15, 0.2) is 17.2 Å². The molecule has 1 heterocycles. The van der Waals surface area contributed by atoms with E-state index in [1.807, 2.05) is 0 Å². The third-order valence-electron chi connectivity index (χ3n) is 1.25. The van der Waals surface area contributed by atoms with Crippen molar-refractivity contribution in [2.45, 2.75) is 0 Å². The molecule has 0 fully saturated rings. The Morgan fingerprint density at radius 2 is 2.25 bits per heavy atom. The molecule has 0 atom stereocenters. The van der Waals surface area contributed by atoms with Crippen LogP contribution in [0.2, 0.25) is 0 Å². The summed E-state index contributed by atoms with van der Waals surface area (Å²) < 4.78 is 4.80. The highest BCUT2D eigenvalue weighted by molar-refractivity contribution is 5.95. The monoisotopic (exact) mass is 167 g/mol. The molecule has 0 aliphatic rings. The molecular weight excluding hydrogens is 158 g/mol. The largest absolute Gasteiger partial charge is 0.480 e. The van der Waals surface area contributed by atoms with E-state index in [4.69, 9.17) is 16.3 Å². The minimum Gasteiger partial charge on any atom is -0.480 e. The van der Waals surface area contributed by atoms with Gasteiger partial charge in [-0.05, 0) is 6.07 Å². The summed E-state index contributed by atoms with van der Waals surface area (Å²) >= 11 is 0. The Kier molecular flexibility index (Phi) is 2.42. The Balaban J connectivity index is 2.92. The zero-order chi connectivity index (χ0) is 8.97. The first-order valence-electron chi connectivity index (χ1n) is 3.19. The van der Waals surface area contributed by atoms with E-state index in [0.29, 0.717) is 11.6 Å². The molecule has 64 valence electrons. The van der Waals surface area contributed by atoms with E-state index in [1.165, 1.54) is 7.11 Å². The van der Waals surface area contributed by atoms with Gasteiger partial charge >= 0.3 is 0 Å². The Labute approximate surface area is 69.2 Å². The van der Waals surface area contributed by atoms with Crippen LogP contribution in [0.5, 0.6) is 5.88 Å². The first kappa shape index (κ1) is 8.25. The van der Waals surface area contributed by atoms with Crippen molar-refractivity contribution >= 4 is 5.84 Å². The number of aromatic nitrogens is 2. The van der Waals surface area contributed by atoms with E-state index < -0.39 is 0 Å².